The van der Waals surface area contributed by atoms with Crippen molar-refractivity contribution < 1.29 is 9.37 Å². The maximum atomic E-state index is 5.82. The molecule has 2 rings (SSSR count). The molecule has 5 nitrogen and oxygen atoms in total. The van der Waals surface area contributed by atoms with Crippen LogP contribution in [0.25, 0.3) is 0 Å². The van der Waals surface area contributed by atoms with Crippen molar-refractivity contribution in [2.45, 2.75) is 33.4 Å². The second kappa shape index (κ2) is 7.40. The molecular formula is C14H18BrN3O2. The van der Waals surface area contributed by atoms with Gasteiger partial charge < -0.3 is 10.1 Å². The molecule has 0 spiro atoms. The maximum Gasteiger partial charge on any atom is 0.145 e. The molecule has 0 radical (unpaired) electrons. The molecule has 2 aromatic rings. The van der Waals surface area contributed by atoms with Crippen LogP contribution in [-0.2, 0) is 13.2 Å². The quantitative estimate of drug-likeness (QED) is 0.784. The van der Waals surface area contributed by atoms with Crippen LogP contribution in [0.5, 0.6) is 5.75 Å². The predicted molar refractivity (Wildman–Crippen MR) is 79.5 cm³/mol. The minimum atomic E-state index is 0.359. The van der Waals surface area contributed by atoms with E-state index >= 15 is 0 Å². The van der Waals surface area contributed by atoms with E-state index in [1.165, 1.54) is 0 Å². The van der Waals surface area contributed by atoms with Gasteiger partial charge in [0.2, 0.25) is 0 Å². The molecule has 0 saturated carbocycles. The molecule has 0 aliphatic heterocycles. The van der Waals surface area contributed by atoms with E-state index in [1.807, 2.05) is 19.1 Å². The van der Waals surface area contributed by atoms with E-state index in [9.17, 15) is 0 Å². The Morgan fingerprint density at radius 3 is 2.90 bits per heavy atom. The second-order valence-electron chi connectivity index (χ2n) is 4.51. The Labute approximate surface area is 126 Å². The number of benzene rings is 1. The van der Waals surface area contributed by atoms with E-state index in [1.54, 1.807) is 0 Å². The second-order valence-corrected chi connectivity index (χ2v) is 5.43. The minimum Gasteiger partial charge on any atom is -0.487 e. The van der Waals surface area contributed by atoms with E-state index < -0.39 is 0 Å². The number of hydrogen-bond acceptors (Lipinski definition) is 5. The highest BCUT2D eigenvalue weighted by molar-refractivity contribution is 9.10. The lowest BCUT2D eigenvalue weighted by Crippen LogP contribution is -2.14. The fraction of sp³-hybridized carbons (Fsp3) is 0.429. The summed E-state index contributed by atoms with van der Waals surface area (Å²) in [6.07, 6.45) is 1.11. The monoisotopic (exact) mass is 339 g/mol. The molecule has 1 aromatic carbocycles. The van der Waals surface area contributed by atoms with Crippen LogP contribution in [0, 0.1) is 6.92 Å². The van der Waals surface area contributed by atoms with Crippen molar-refractivity contribution in [3.05, 3.63) is 39.6 Å². The van der Waals surface area contributed by atoms with Crippen LogP contribution in [0.4, 0.5) is 0 Å². The Morgan fingerprint density at radius 2 is 2.20 bits per heavy atom. The van der Waals surface area contributed by atoms with E-state index in [2.05, 4.69) is 49.2 Å². The summed E-state index contributed by atoms with van der Waals surface area (Å²) in [5.41, 5.74) is 2.59. The Bertz CT molecular complexity index is 557. The SMILES string of the molecule is CCCNCc1cc(Br)ccc1OCc1nonc1C. The van der Waals surface area contributed by atoms with Gasteiger partial charge in [-0.1, -0.05) is 33.2 Å². The van der Waals surface area contributed by atoms with Gasteiger partial charge in [-0.3, -0.25) is 0 Å². The summed E-state index contributed by atoms with van der Waals surface area (Å²) < 4.78 is 11.5. The summed E-state index contributed by atoms with van der Waals surface area (Å²) >= 11 is 3.49. The zero-order chi connectivity index (χ0) is 14.4. The van der Waals surface area contributed by atoms with Gasteiger partial charge in [0.25, 0.3) is 0 Å². The van der Waals surface area contributed by atoms with Gasteiger partial charge >= 0.3 is 0 Å². The Kier molecular flexibility index (Phi) is 5.55. The van der Waals surface area contributed by atoms with Gasteiger partial charge in [0.05, 0.1) is 0 Å². The van der Waals surface area contributed by atoms with E-state index in [4.69, 9.17) is 4.74 Å². The number of ether oxygens (including phenoxy) is 1. The number of rotatable bonds is 7. The van der Waals surface area contributed by atoms with E-state index in [0.717, 1.165) is 46.7 Å². The summed E-state index contributed by atoms with van der Waals surface area (Å²) in [4.78, 5) is 0. The molecule has 0 fully saturated rings. The molecule has 0 aliphatic carbocycles. The molecule has 0 atom stereocenters. The largest absolute Gasteiger partial charge is 0.487 e. The fourth-order valence-corrected chi connectivity index (χ4v) is 2.16. The molecule has 0 saturated heterocycles. The lowest BCUT2D eigenvalue weighted by Gasteiger charge is -2.12. The Balaban J connectivity index is 2.04. The Hall–Kier alpha value is -1.40. The Morgan fingerprint density at radius 1 is 1.35 bits per heavy atom. The predicted octanol–water partition coefficient (Wildman–Crippen LogP) is 3.22. The molecular weight excluding hydrogens is 322 g/mol. The first-order valence-electron chi connectivity index (χ1n) is 6.60. The number of nitrogens with zero attached hydrogens (tertiary/aromatic N) is 2. The summed E-state index contributed by atoms with van der Waals surface area (Å²) in [5.74, 6) is 0.846. The molecule has 1 aromatic heterocycles. The molecule has 20 heavy (non-hydrogen) atoms. The molecule has 0 aliphatic rings. The van der Waals surface area contributed by atoms with Crippen LogP contribution in [0.3, 0.4) is 0 Å². The third-order valence-corrected chi connectivity index (χ3v) is 3.37. The average molecular weight is 340 g/mol. The lowest BCUT2D eigenvalue weighted by molar-refractivity contribution is 0.268. The molecule has 108 valence electrons. The first-order chi connectivity index (χ1) is 9.70. The number of aryl methyl sites for hydroxylation is 1. The van der Waals surface area contributed by atoms with Crippen LogP contribution >= 0.6 is 15.9 Å². The first-order valence-corrected chi connectivity index (χ1v) is 7.40. The van der Waals surface area contributed by atoms with Gasteiger partial charge in [-0.25, -0.2) is 4.63 Å². The van der Waals surface area contributed by atoms with Crippen molar-refractivity contribution in [1.82, 2.24) is 15.6 Å². The summed E-state index contributed by atoms with van der Waals surface area (Å²) in [6, 6.07) is 5.98. The van der Waals surface area contributed by atoms with Gasteiger partial charge in [0.1, 0.15) is 23.7 Å². The zero-order valence-electron chi connectivity index (χ0n) is 11.6. The van der Waals surface area contributed by atoms with Crippen molar-refractivity contribution in [1.29, 1.82) is 0 Å². The van der Waals surface area contributed by atoms with Gasteiger partial charge in [-0.15, -0.1) is 0 Å². The van der Waals surface area contributed by atoms with Gasteiger partial charge in [0, 0.05) is 16.6 Å². The van der Waals surface area contributed by atoms with Crippen molar-refractivity contribution in [3.63, 3.8) is 0 Å². The fourth-order valence-electron chi connectivity index (χ4n) is 1.75. The van der Waals surface area contributed by atoms with Crippen molar-refractivity contribution >= 4 is 15.9 Å². The zero-order valence-corrected chi connectivity index (χ0v) is 13.2. The minimum absolute atomic E-state index is 0.359. The van der Waals surface area contributed by atoms with Gasteiger partial charge in [-0.2, -0.15) is 0 Å². The number of halogens is 1. The molecule has 6 heteroatoms. The maximum absolute atomic E-state index is 5.82. The normalized spacial score (nSPS) is 10.8. The van der Waals surface area contributed by atoms with Gasteiger partial charge in [-0.05, 0) is 38.1 Å². The highest BCUT2D eigenvalue weighted by atomic mass is 79.9. The lowest BCUT2D eigenvalue weighted by atomic mass is 10.2. The van der Waals surface area contributed by atoms with Crippen LogP contribution in [-0.4, -0.2) is 16.9 Å². The summed E-state index contributed by atoms with van der Waals surface area (Å²) in [5, 5.41) is 10.9. The molecule has 1 N–H and O–H groups in total. The highest BCUT2D eigenvalue weighted by Crippen LogP contribution is 2.24. The molecule has 0 bridgehead atoms. The third kappa shape index (κ3) is 4.05. The highest BCUT2D eigenvalue weighted by Gasteiger charge is 2.09. The van der Waals surface area contributed by atoms with Gasteiger partial charge in [0.15, 0.2) is 0 Å². The van der Waals surface area contributed by atoms with Crippen molar-refractivity contribution in [2.75, 3.05) is 6.54 Å². The smallest absolute Gasteiger partial charge is 0.145 e. The van der Waals surface area contributed by atoms with Crippen molar-refractivity contribution in [2.24, 2.45) is 0 Å². The third-order valence-electron chi connectivity index (χ3n) is 2.88. The standard InChI is InChI=1S/C14H18BrN3O2/c1-3-6-16-8-11-7-12(15)4-5-14(11)19-9-13-10(2)17-20-18-13/h4-5,7,16H,3,6,8-9H2,1-2H3. The number of nitrogens with one attached hydrogen (secondary N) is 1. The molecule has 0 amide bonds. The van der Waals surface area contributed by atoms with E-state index in [0.29, 0.717) is 6.61 Å². The first kappa shape index (κ1) is 15.0. The van der Waals surface area contributed by atoms with Crippen LogP contribution in [0.2, 0.25) is 0 Å². The molecule has 0 unspecified atom stereocenters. The topological polar surface area (TPSA) is 60.2 Å². The average Bonchev–Trinajstić information content (AvgIpc) is 2.84. The number of aromatic nitrogens is 2. The van der Waals surface area contributed by atoms with Crippen molar-refractivity contribution in [3.8, 4) is 5.75 Å². The summed E-state index contributed by atoms with van der Waals surface area (Å²) in [7, 11) is 0. The molecule has 1 heterocycles. The van der Waals surface area contributed by atoms with Crippen LogP contribution < -0.4 is 10.1 Å². The van der Waals surface area contributed by atoms with Crippen LogP contribution in [0.1, 0.15) is 30.3 Å². The summed E-state index contributed by atoms with van der Waals surface area (Å²) in [6.45, 7) is 6.11. The number of hydrogen-bond donors (Lipinski definition) is 1. The van der Waals surface area contributed by atoms with E-state index in [-0.39, 0.29) is 0 Å². The van der Waals surface area contributed by atoms with Crippen LogP contribution in [0.15, 0.2) is 27.3 Å².